The van der Waals surface area contributed by atoms with E-state index in [1.807, 2.05) is 12.1 Å². The van der Waals surface area contributed by atoms with E-state index in [0.29, 0.717) is 10.8 Å². The van der Waals surface area contributed by atoms with E-state index in [4.69, 9.17) is 22.4 Å². The van der Waals surface area contributed by atoms with Gasteiger partial charge in [-0.1, -0.05) is 11.6 Å². The summed E-state index contributed by atoms with van der Waals surface area (Å²) in [5.41, 5.74) is 5.35. The van der Waals surface area contributed by atoms with E-state index in [1.165, 1.54) is 11.8 Å². The fraction of sp³-hybridized carbons (Fsp3) is 0.222. The summed E-state index contributed by atoms with van der Waals surface area (Å²) >= 11 is 7.10. The van der Waals surface area contributed by atoms with Crippen molar-refractivity contribution in [2.45, 2.75) is 10.9 Å². The van der Waals surface area contributed by atoms with Gasteiger partial charge in [-0.25, -0.2) is 0 Å². The molecule has 76 valence electrons. The summed E-state index contributed by atoms with van der Waals surface area (Å²) in [5, 5.41) is 9.21. The van der Waals surface area contributed by atoms with Crippen molar-refractivity contribution in [2.75, 3.05) is 5.75 Å². The summed E-state index contributed by atoms with van der Waals surface area (Å²) in [6, 6.07) is 6.37. The van der Waals surface area contributed by atoms with Crippen molar-refractivity contribution in [3.05, 3.63) is 29.3 Å². The molecule has 3 nitrogen and oxygen atoms in total. The van der Waals surface area contributed by atoms with Gasteiger partial charge in [-0.3, -0.25) is 4.79 Å². The fourth-order valence-corrected chi connectivity index (χ4v) is 1.76. The Hall–Kier alpha value is -0.710. The molecule has 0 unspecified atom stereocenters. The van der Waals surface area contributed by atoms with Crippen LogP contribution in [0.25, 0.3) is 0 Å². The molecule has 0 spiro atoms. The number of carbonyl (C=O) groups is 1. The van der Waals surface area contributed by atoms with Crippen LogP contribution < -0.4 is 5.73 Å². The smallest absolute Gasteiger partial charge is 0.321 e. The molecule has 0 bridgehead atoms. The van der Waals surface area contributed by atoms with Crippen LogP contribution in [0.1, 0.15) is 0 Å². The lowest BCUT2D eigenvalue weighted by molar-refractivity contribution is -0.137. The van der Waals surface area contributed by atoms with Gasteiger partial charge in [0.15, 0.2) is 0 Å². The molecule has 0 aliphatic heterocycles. The summed E-state index contributed by atoms with van der Waals surface area (Å²) in [6.07, 6.45) is 0. The van der Waals surface area contributed by atoms with Gasteiger partial charge in [0.2, 0.25) is 0 Å². The second kappa shape index (κ2) is 5.24. The standard InChI is InChI=1S/C9H10ClNO2S/c10-6-1-3-7(4-2-6)14-5-8(11)9(12)13/h1-4,8H,5,11H2,(H,12,13)/t8-/m0/s1. The summed E-state index contributed by atoms with van der Waals surface area (Å²) in [7, 11) is 0. The predicted molar refractivity (Wildman–Crippen MR) is 57.8 cm³/mol. The number of aliphatic carboxylic acids is 1. The number of rotatable bonds is 4. The number of thioether (sulfide) groups is 1. The summed E-state index contributed by atoms with van der Waals surface area (Å²) in [5.74, 6) is -0.622. The maximum atomic E-state index is 10.4. The third-order valence-electron chi connectivity index (χ3n) is 1.56. The third-order valence-corrected chi connectivity index (χ3v) is 2.94. The molecule has 0 radical (unpaired) electrons. The Bertz CT molecular complexity index is 315. The minimum Gasteiger partial charge on any atom is -0.480 e. The van der Waals surface area contributed by atoms with Crippen molar-refractivity contribution < 1.29 is 9.90 Å². The zero-order valence-corrected chi connectivity index (χ0v) is 8.89. The van der Waals surface area contributed by atoms with Crippen LogP contribution in [0, 0.1) is 0 Å². The fourth-order valence-electron chi connectivity index (χ4n) is 0.788. The average molecular weight is 232 g/mol. The average Bonchev–Trinajstić information content (AvgIpc) is 2.16. The highest BCUT2D eigenvalue weighted by molar-refractivity contribution is 7.99. The van der Waals surface area contributed by atoms with Crippen LogP contribution in [0.3, 0.4) is 0 Å². The summed E-state index contributed by atoms with van der Waals surface area (Å²) in [6.45, 7) is 0. The molecule has 0 saturated carbocycles. The van der Waals surface area contributed by atoms with Crippen molar-refractivity contribution in [2.24, 2.45) is 5.73 Å². The topological polar surface area (TPSA) is 63.3 Å². The monoisotopic (exact) mass is 231 g/mol. The van der Waals surface area contributed by atoms with Gasteiger partial charge < -0.3 is 10.8 Å². The minimum atomic E-state index is -0.980. The molecule has 1 rings (SSSR count). The molecule has 1 aromatic carbocycles. The number of benzene rings is 1. The zero-order chi connectivity index (χ0) is 10.6. The maximum Gasteiger partial charge on any atom is 0.321 e. The van der Waals surface area contributed by atoms with E-state index in [1.54, 1.807) is 12.1 Å². The lowest BCUT2D eigenvalue weighted by Crippen LogP contribution is -2.32. The van der Waals surface area contributed by atoms with Gasteiger partial charge in [0.25, 0.3) is 0 Å². The number of carboxylic acid groups (broad SMARTS) is 1. The quantitative estimate of drug-likeness (QED) is 0.777. The van der Waals surface area contributed by atoms with E-state index in [2.05, 4.69) is 0 Å². The zero-order valence-electron chi connectivity index (χ0n) is 7.31. The van der Waals surface area contributed by atoms with Crippen molar-refractivity contribution in [3.63, 3.8) is 0 Å². The molecule has 0 aromatic heterocycles. The van der Waals surface area contributed by atoms with Gasteiger partial charge in [-0.2, -0.15) is 0 Å². The molecule has 0 amide bonds. The van der Waals surface area contributed by atoms with E-state index >= 15 is 0 Å². The van der Waals surface area contributed by atoms with Gasteiger partial charge >= 0.3 is 5.97 Å². The van der Waals surface area contributed by atoms with Gasteiger partial charge in [0.1, 0.15) is 6.04 Å². The Kier molecular flexibility index (Phi) is 4.25. The molecule has 14 heavy (non-hydrogen) atoms. The second-order valence-corrected chi connectivity index (χ2v) is 4.24. The van der Waals surface area contributed by atoms with Crippen molar-refractivity contribution >= 4 is 29.3 Å². The lowest BCUT2D eigenvalue weighted by Gasteiger charge is -2.05. The van der Waals surface area contributed by atoms with Crippen LogP contribution in [0.4, 0.5) is 0 Å². The number of carboxylic acids is 1. The highest BCUT2D eigenvalue weighted by atomic mass is 35.5. The largest absolute Gasteiger partial charge is 0.480 e. The molecular weight excluding hydrogens is 222 g/mol. The number of hydrogen-bond donors (Lipinski definition) is 2. The molecule has 0 saturated heterocycles. The Morgan fingerprint density at radius 3 is 2.57 bits per heavy atom. The van der Waals surface area contributed by atoms with E-state index in [-0.39, 0.29) is 0 Å². The summed E-state index contributed by atoms with van der Waals surface area (Å²) < 4.78 is 0. The molecular formula is C9H10ClNO2S. The molecule has 0 aliphatic carbocycles. The molecule has 0 fully saturated rings. The van der Waals surface area contributed by atoms with Crippen molar-refractivity contribution in [1.82, 2.24) is 0 Å². The Labute approximate surface area is 91.2 Å². The predicted octanol–water partition coefficient (Wildman–Crippen LogP) is 1.84. The molecule has 3 N–H and O–H groups in total. The molecule has 1 atom stereocenters. The van der Waals surface area contributed by atoms with Crippen molar-refractivity contribution in [1.29, 1.82) is 0 Å². The molecule has 0 heterocycles. The number of halogens is 1. The highest BCUT2D eigenvalue weighted by Gasteiger charge is 2.11. The first-order valence-electron chi connectivity index (χ1n) is 3.96. The summed E-state index contributed by atoms with van der Waals surface area (Å²) in [4.78, 5) is 11.4. The minimum absolute atomic E-state index is 0.358. The molecule has 0 aliphatic rings. The second-order valence-electron chi connectivity index (χ2n) is 2.71. The van der Waals surface area contributed by atoms with E-state index in [9.17, 15) is 4.79 Å². The highest BCUT2D eigenvalue weighted by Crippen LogP contribution is 2.20. The van der Waals surface area contributed by atoms with Crippen LogP contribution >= 0.6 is 23.4 Å². The van der Waals surface area contributed by atoms with Crippen LogP contribution in [-0.4, -0.2) is 22.9 Å². The SMILES string of the molecule is N[C@@H](CSc1ccc(Cl)cc1)C(=O)O. The van der Waals surface area contributed by atoms with Gasteiger partial charge in [0.05, 0.1) is 0 Å². The van der Waals surface area contributed by atoms with Crippen LogP contribution in [0.5, 0.6) is 0 Å². The Morgan fingerprint density at radius 1 is 1.50 bits per heavy atom. The van der Waals surface area contributed by atoms with E-state index in [0.717, 1.165) is 4.90 Å². The first kappa shape index (κ1) is 11.4. The first-order valence-corrected chi connectivity index (χ1v) is 5.32. The molecule has 1 aromatic rings. The van der Waals surface area contributed by atoms with Gasteiger partial charge in [0, 0.05) is 15.7 Å². The maximum absolute atomic E-state index is 10.4. The lowest BCUT2D eigenvalue weighted by atomic mass is 10.4. The number of hydrogen-bond acceptors (Lipinski definition) is 3. The molecule has 5 heteroatoms. The van der Waals surface area contributed by atoms with Crippen molar-refractivity contribution in [3.8, 4) is 0 Å². The Balaban J connectivity index is 2.46. The van der Waals surface area contributed by atoms with Gasteiger partial charge in [-0.05, 0) is 24.3 Å². The van der Waals surface area contributed by atoms with E-state index < -0.39 is 12.0 Å². The van der Waals surface area contributed by atoms with Crippen LogP contribution in [0.2, 0.25) is 5.02 Å². The normalized spacial score (nSPS) is 12.4. The first-order chi connectivity index (χ1) is 6.59. The van der Waals surface area contributed by atoms with Gasteiger partial charge in [-0.15, -0.1) is 11.8 Å². The third kappa shape index (κ3) is 3.57. The Morgan fingerprint density at radius 2 is 2.07 bits per heavy atom. The van der Waals surface area contributed by atoms with Crippen LogP contribution in [-0.2, 0) is 4.79 Å². The number of nitrogens with two attached hydrogens (primary N) is 1. The van der Waals surface area contributed by atoms with Crippen LogP contribution in [0.15, 0.2) is 29.2 Å².